The number of esters is 1. The van der Waals surface area contributed by atoms with E-state index in [1.807, 2.05) is 32.1 Å². The first kappa shape index (κ1) is 16.9. The molecule has 5 nitrogen and oxygen atoms in total. The predicted octanol–water partition coefficient (Wildman–Crippen LogP) is 2.22. The molecular formula is C16H23N3O2. The Morgan fingerprint density at radius 2 is 2.24 bits per heavy atom. The molecule has 21 heavy (non-hydrogen) atoms. The van der Waals surface area contributed by atoms with Crippen LogP contribution in [0.1, 0.15) is 19.5 Å². The molecule has 1 heterocycles. The van der Waals surface area contributed by atoms with Gasteiger partial charge in [-0.05, 0) is 19.4 Å². The van der Waals surface area contributed by atoms with Gasteiger partial charge in [-0.15, -0.1) is 0 Å². The number of ether oxygens (including phenoxy) is 1. The van der Waals surface area contributed by atoms with E-state index in [0.29, 0.717) is 6.54 Å². The standard InChI is InChI=1S/C16H23N3O2/c1-4-6-7-8-14(5-2)12-19-13-18-10-15(19)9-17-11-16(20)21-3/h4-8,10,13,17H,9,11-12H2,1-3H3/b6-4-,8-7-,14-5+. The molecule has 0 aliphatic heterocycles. The lowest BCUT2D eigenvalue weighted by atomic mass is 10.2. The highest BCUT2D eigenvalue weighted by Gasteiger charge is 2.04. The quantitative estimate of drug-likeness (QED) is 0.589. The number of methoxy groups -OCH3 is 1. The molecule has 0 aliphatic rings. The third-order valence-corrected chi connectivity index (χ3v) is 2.94. The molecule has 0 amide bonds. The maximum atomic E-state index is 11.1. The molecule has 1 rings (SSSR count). The molecule has 0 spiro atoms. The van der Waals surface area contributed by atoms with Crippen molar-refractivity contribution in [1.82, 2.24) is 14.9 Å². The number of aromatic nitrogens is 2. The van der Waals surface area contributed by atoms with Crippen molar-refractivity contribution in [3.8, 4) is 0 Å². The summed E-state index contributed by atoms with van der Waals surface area (Å²) in [5, 5.41) is 3.04. The molecule has 0 bridgehead atoms. The van der Waals surface area contributed by atoms with Crippen LogP contribution in [0.4, 0.5) is 0 Å². The van der Waals surface area contributed by atoms with Crippen LogP contribution in [0.25, 0.3) is 0 Å². The van der Waals surface area contributed by atoms with Crippen LogP contribution in [0, 0.1) is 0 Å². The Balaban J connectivity index is 2.60. The minimum absolute atomic E-state index is 0.194. The topological polar surface area (TPSA) is 56.2 Å². The van der Waals surface area contributed by atoms with Gasteiger partial charge in [0.15, 0.2) is 0 Å². The van der Waals surface area contributed by atoms with Crippen molar-refractivity contribution >= 4 is 5.97 Å². The largest absolute Gasteiger partial charge is 0.468 e. The minimum Gasteiger partial charge on any atom is -0.468 e. The van der Waals surface area contributed by atoms with E-state index in [1.165, 1.54) is 12.7 Å². The summed E-state index contributed by atoms with van der Waals surface area (Å²) in [5.74, 6) is -0.274. The Labute approximate surface area is 126 Å². The van der Waals surface area contributed by atoms with Gasteiger partial charge in [-0.25, -0.2) is 4.98 Å². The first-order chi connectivity index (χ1) is 10.2. The number of carbonyl (C=O) groups excluding carboxylic acids is 1. The SMILES string of the molecule is C\C=C/C=C\C(=C/C)Cn1cncc1CNCC(=O)OC. The molecular weight excluding hydrogens is 266 g/mol. The number of allylic oxidation sites excluding steroid dienone is 6. The van der Waals surface area contributed by atoms with E-state index in [1.54, 1.807) is 12.5 Å². The van der Waals surface area contributed by atoms with Gasteiger partial charge in [-0.1, -0.05) is 30.4 Å². The number of nitrogens with one attached hydrogen (secondary N) is 1. The molecule has 5 heteroatoms. The Hall–Kier alpha value is -2.14. The monoisotopic (exact) mass is 289 g/mol. The molecule has 114 valence electrons. The molecule has 0 aromatic carbocycles. The number of carbonyl (C=O) groups is 1. The number of imidazole rings is 1. The van der Waals surface area contributed by atoms with Crippen molar-refractivity contribution < 1.29 is 9.53 Å². The Morgan fingerprint density at radius 1 is 1.43 bits per heavy atom. The fourth-order valence-corrected chi connectivity index (χ4v) is 1.73. The van der Waals surface area contributed by atoms with Crippen molar-refractivity contribution in [3.05, 3.63) is 54.2 Å². The maximum Gasteiger partial charge on any atom is 0.319 e. The average molecular weight is 289 g/mol. The Kier molecular flexibility index (Phi) is 7.82. The lowest BCUT2D eigenvalue weighted by molar-refractivity contribution is -0.139. The summed E-state index contributed by atoms with van der Waals surface area (Å²) in [5.41, 5.74) is 2.22. The maximum absolute atomic E-state index is 11.1. The Morgan fingerprint density at radius 3 is 2.90 bits per heavy atom. The van der Waals surface area contributed by atoms with Gasteiger partial charge in [0.25, 0.3) is 0 Å². The third kappa shape index (κ3) is 6.23. The lowest BCUT2D eigenvalue weighted by Crippen LogP contribution is -2.24. The summed E-state index contributed by atoms with van der Waals surface area (Å²) in [6, 6.07) is 0. The molecule has 1 N–H and O–H groups in total. The molecule has 0 saturated carbocycles. The van der Waals surface area contributed by atoms with Gasteiger partial charge in [0.05, 0.1) is 25.7 Å². The molecule has 0 saturated heterocycles. The second kappa shape index (κ2) is 9.72. The minimum atomic E-state index is -0.274. The molecule has 0 aliphatic carbocycles. The summed E-state index contributed by atoms with van der Waals surface area (Å²) < 4.78 is 6.64. The molecule has 0 radical (unpaired) electrons. The van der Waals surface area contributed by atoms with Gasteiger partial charge in [0.1, 0.15) is 0 Å². The van der Waals surface area contributed by atoms with Crippen molar-refractivity contribution in [2.24, 2.45) is 0 Å². The molecule has 0 atom stereocenters. The summed E-state index contributed by atoms with van der Waals surface area (Å²) >= 11 is 0. The van der Waals surface area contributed by atoms with Crippen molar-refractivity contribution in [2.45, 2.75) is 26.9 Å². The third-order valence-electron chi connectivity index (χ3n) is 2.94. The predicted molar refractivity (Wildman–Crippen MR) is 83.7 cm³/mol. The summed E-state index contributed by atoms with van der Waals surface area (Å²) in [6.45, 7) is 5.52. The van der Waals surface area contributed by atoms with Gasteiger partial charge in [-0.2, -0.15) is 0 Å². The fourth-order valence-electron chi connectivity index (χ4n) is 1.73. The van der Waals surface area contributed by atoms with E-state index in [-0.39, 0.29) is 12.5 Å². The highest BCUT2D eigenvalue weighted by atomic mass is 16.5. The van der Waals surface area contributed by atoms with Gasteiger partial charge < -0.3 is 14.6 Å². The zero-order valence-electron chi connectivity index (χ0n) is 12.9. The summed E-state index contributed by atoms with van der Waals surface area (Å²) in [6.07, 6.45) is 13.7. The zero-order chi connectivity index (χ0) is 15.5. The number of hydrogen-bond donors (Lipinski definition) is 1. The number of hydrogen-bond acceptors (Lipinski definition) is 4. The number of rotatable bonds is 8. The second-order valence-electron chi connectivity index (χ2n) is 4.44. The van der Waals surface area contributed by atoms with E-state index in [2.05, 4.69) is 31.8 Å². The van der Waals surface area contributed by atoms with Gasteiger partial charge in [0, 0.05) is 19.3 Å². The van der Waals surface area contributed by atoms with Gasteiger partial charge in [-0.3, -0.25) is 4.79 Å². The van der Waals surface area contributed by atoms with Crippen LogP contribution in [0.2, 0.25) is 0 Å². The smallest absolute Gasteiger partial charge is 0.319 e. The van der Waals surface area contributed by atoms with Crippen LogP contribution in [0.5, 0.6) is 0 Å². The fraction of sp³-hybridized carbons (Fsp3) is 0.375. The van der Waals surface area contributed by atoms with Crippen molar-refractivity contribution in [1.29, 1.82) is 0 Å². The van der Waals surface area contributed by atoms with Crippen LogP contribution in [0.3, 0.4) is 0 Å². The summed E-state index contributed by atoms with van der Waals surface area (Å²) in [4.78, 5) is 15.2. The summed E-state index contributed by atoms with van der Waals surface area (Å²) in [7, 11) is 1.38. The van der Waals surface area contributed by atoms with Crippen molar-refractivity contribution in [3.63, 3.8) is 0 Å². The second-order valence-corrected chi connectivity index (χ2v) is 4.44. The Bertz CT molecular complexity index is 527. The number of nitrogens with zero attached hydrogens (tertiary/aromatic N) is 2. The molecule has 0 fully saturated rings. The van der Waals surface area contributed by atoms with Gasteiger partial charge >= 0.3 is 5.97 Å². The molecule has 0 unspecified atom stereocenters. The van der Waals surface area contributed by atoms with Crippen LogP contribution in [-0.4, -0.2) is 29.2 Å². The normalized spacial score (nSPS) is 12.4. The zero-order valence-corrected chi connectivity index (χ0v) is 12.9. The van der Waals surface area contributed by atoms with Crippen LogP contribution in [0.15, 0.2) is 48.5 Å². The van der Waals surface area contributed by atoms with E-state index in [4.69, 9.17) is 0 Å². The highest BCUT2D eigenvalue weighted by molar-refractivity contribution is 5.71. The average Bonchev–Trinajstić information content (AvgIpc) is 2.93. The first-order valence-corrected chi connectivity index (χ1v) is 6.92. The van der Waals surface area contributed by atoms with E-state index < -0.39 is 0 Å². The van der Waals surface area contributed by atoms with E-state index in [0.717, 1.165) is 12.2 Å². The first-order valence-electron chi connectivity index (χ1n) is 6.92. The van der Waals surface area contributed by atoms with Crippen LogP contribution < -0.4 is 5.32 Å². The highest BCUT2D eigenvalue weighted by Crippen LogP contribution is 2.06. The molecule has 1 aromatic rings. The van der Waals surface area contributed by atoms with E-state index in [9.17, 15) is 4.79 Å². The van der Waals surface area contributed by atoms with Gasteiger partial charge in [0.2, 0.25) is 0 Å². The lowest BCUT2D eigenvalue weighted by Gasteiger charge is -2.09. The van der Waals surface area contributed by atoms with Crippen LogP contribution in [-0.2, 0) is 22.6 Å². The molecule has 1 aromatic heterocycles. The van der Waals surface area contributed by atoms with E-state index >= 15 is 0 Å². The van der Waals surface area contributed by atoms with Crippen molar-refractivity contribution in [2.75, 3.05) is 13.7 Å². The van der Waals surface area contributed by atoms with Crippen LogP contribution >= 0.6 is 0 Å².